The molecule has 3 aromatic rings. The Morgan fingerprint density at radius 2 is 1.69 bits per heavy atom. The van der Waals surface area contributed by atoms with Gasteiger partial charge in [-0.25, -0.2) is 9.18 Å². The fourth-order valence-corrected chi connectivity index (χ4v) is 4.80. The van der Waals surface area contributed by atoms with E-state index in [4.69, 9.17) is 4.74 Å². The van der Waals surface area contributed by atoms with Gasteiger partial charge in [0, 0.05) is 31.7 Å². The van der Waals surface area contributed by atoms with E-state index in [9.17, 15) is 9.18 Å². The molecule has 0 aromatic heterocycles. The first-order chi connectivity index (χ1) is 17.4. The molecule has 1 N–H and O–H groups in total. The number of rotatable bonds is 8. The predicted octanol–water partition coefficient (Wildman–Crippen LogP) is 6.16. The number of halogens is 1. The van der Waals surface area contributed by atoms with Crippen LogP contribution in [0.2, 0.25) is 0 Å². The average molecular weight is 490 g/mol. The SMILES string of the molecule is CC(C)Oc1ccc(CNC(=O)N(Cc2ccc(F)cc2)[C@@H]2CCN(C)[C@H](c3ccccc3)C2)cc1. The first-order valence-electron chi connectivity index (χ1n) is 12.7. The van der Waals surface area contributed by atoms with Crippen LogP contribution in [0.4, 0.5) is 9.18 Å². The van der Waals surface area contributed by atoms with Crippen molar-refractivity contribution >= 4 is 6.03 Å². The Balaban J connectivity index is 1.48. The molecule has 0 spiro atoms. The summed E-state index contributed by atoms with van der Waals surface area (Å²) in [5.74, 6) is 0.541. The van der Waals surface area contributed by atoms with E-state index in [0.29, 0.717) is 13.1 Å². The second-order valence-corrected chi connectivity index (χ2v) is 9.81. The molecule has 1 aliphatic rings. The van der Waals surface area contributed by atoms with Crippen molar-refractivity contribution < 1.29 is 13.9 Å². The molecular formula is C30H36FN3O2. The van der Waals surface area contributed by atoms with Gasteiger partial charge in [0.25, 0.3) is 0 Å². The van der Waals surface area contributed by atoms with Gasteiger partial charge in [0.05, 0.1) is 6.10 Å². The maximum absolute atomic E-state index is 13.5. The highest BCUT2D eigenvalue weighted by molar-refractivity contribution is 5.74. The lowest BCUT2D eigenvalue weighted by molar-refractivity contribution is 0.0914. The molecule has 36 heavy (non-hydrogen) atoms. The van der Waals surface area contributed by atoms with Crippen molar-refractivity contribution in [2.45, 2.75) is 58.0 Å². The summed E-state index contributed by atoms with van der Waals surface area (Å²) >= 11 is 0. The van der Waals surface area contributed by atoms with Crippen LogP contribution in [0.1, 0.15) is 49.4 Å². The fourth-order valence-electron chi connectivity index (χ4n) is 4.80. The van der Waals surface area contributed by atoms with Gasteiger partial charge in [-0.15, -0.1) is 0 Å². The molecular weight excluding hydrogens is 453 g/mol. The molecule has 0 saturated carbocycles. The Morgan fingerprint density at radius 1 is 1.03 bits per heavy atom. The number of hydrogen-bond donors (Lipinski definition) is 1. The van der Waals surface area contributed by atoms with Crippen molar-refractivity contribution in [3.63, 3.8) is 0 Å². The Kier molecular flexibility index (Phi) is 8.60. The summed E-state index contributed by atoms with van der Waals surface area (Å²) in [5.41, 5.74) is 3.18. The normalized spacial score (nSPS) is 18.1. The molecule has 0 unspecified atom stereocenters. The van der Waals surface area contributed by atoms with E-state index >= 15 is 0 Å². The van der Waals surface area contributed by atoms with E-state index < -0.39 is 0 Å². The second-order valence-electron chi connectivity index (χ2n) is 9.81. The highest BCUT2D eigenvalue weighted by atomic mass is 19.1. The minimum atomic E-state index is -0.275. The third-order valence-corrected chi connectivity index (χ3v) is 6.73. The van der Waals surface area contributed by atoms with Crippen LogP contribution in [-0.4, -0.2) is 41.6 Å². The van der Waals surface area contributed by atoms with E-state index in [0.717, 1.165) is 36.3 Å². The standard InChI is InChI=1S/C30H36FN3O2/c1-22(2)36-28-15-11-23(12-16-28)20-32-30(35)34(21-24-9-13-26(31)14-10-24)27-17-18-33(3)29(19-27)25-7-5-4-6-8-25/h4-16,22,27,29H,17-21H2,1-3H3,(H,32,35)/t27-,29+/m1/s1. The van der Waals surface area contributed by atoms with Gasteiger partial charge >= 0.3 is 6.03 Å². The van der Waals surface area contributed by atoms with Crippen LogP contribution in [0.5, 0.6) is 5.75 Å². The highest BCUT2D eigenvalue weighted by Crippen LogP contribution is 2.32. The smallest absolute Gasteiger partial charge is 0.318 e. The topological polar surface area (TPSA) is 44.8 Å². The van der Waals surface area contributed by atoms with Gasteiger partial charge in [0.1, 0.15) is 11.6 Å². The van der Waals surface area contributed by atoms with Gasteiger partial charge < -0.3 is 15.0 Å². The molecule has 6 heteroatoms. The minimum absolute atomic E-state index is 0.0678. The van der Waals surface area contributed by atoms with Crippen molar-refractivity contribution in [3.8, 4) is 5.75 Å². The number of piperidine rings is 1. The number of amides is 2. The molecule has 5 nitrogen and oxygen atoms in total. The van der Waals surface area contributed by atoms with Crippen LogP contribution in [0.15, 0.2) is 78.9 Å². The van der Waals surface area contributed by atoms with Crippen molar-refractivity contribution in [3.05, 3.63) is 101 Å². The Bertz CT molecular complexity index is 1100. The lowest BCUT2D eigenvalue weighted by Gasteiger charge is -2.42. The van der Waals surface area contributed by atoms with Crippen LogP contribution in [0, 0.1) is 5.82 Å². The first-order valence-corrected chi connectivity index (χ1v) is 12.7. The molecule has 0 bridgehead atoms. The predicted molar refractivity (Wildman–Crippen MR) is 141 cm³/mol. The maximum Gasteiger partial charge on any atom is 0.318 e. The quantitative estimate of drug-likeness (QED) is 0.412. The van der Waals surface area contributed by atoms with E-state index in [-0.39, 0.29) is 30.0 Å². The van der Waals surface area contributed by atoms with Gasteiger partial charge in [-0.05, 0) is 74.7 Å². The zero-order valence-electron chi connectivity index (χ0n) is 21.4. The van der Waals surface area contributed by atoms with Gasteiger partial charge in [-0.3, -0.25) is 4.90 Å². The third-order valence-electron chi connectivity index (χ3n) is 6.73. The van der Waals surface area contributed by atoms with Crippen molar-refractivity contribution in [1.29, 1.82) is 0 Å². The van der Waals surface area contributed by atoms with Gasteiger partial charge in [0.2, 0.25) is 0 Å². The Hall–Kier alpha value is -3.38. The number of ether oxygens (including phenoxy) is 1. The molecule has 2 amide bonds. The molecule has 2 atom stereocenters. The zero-order valence-corrected chi connectivity index (χ0v) is 21.4. The first kappa shape index (κ1) is 25.7. The van der Waals surface area contributed by atoms with Crippen molar-refractivity contribution in [2.75, 3.05) is 13.6 Å². The molecule has 1 fully saturated rings. The van der Waals surface area contributed by atoms with E-state index in [1.54, 1.807) is 12.1 Å². The zero-order chi connectivity index (χ0) is 25.5. The molecule has 1 heterocycles. The van der Waals surface area contributed by atoms with Gasteiger partial charge in [-0.1, -0.05) is 54.6 Å². The summed E-state index contributed by atoms with van der Waals surface area (Å²) in [4.78, 5) is 17.8. The Labute approximate surface area is 213 Å². The van der Waals surface area contributed by atoms with Crippen LogP contribution < -0.4 is 10.1 Å². The summed E-state index contributed by atoms with van der Waals surface area (Å²) in [6, 6.07) is 24.9. The number of benzene rings is 3. The monoisotopic (exact) mass is 489 g/mol. The molecule has 0 aliphatic carbocycles. The largest absolute Gasteiger partial charge is 0.491 e. The molecule has 190 valence electrons. The minimum Gasteiger partial charge on any atom is -0.491 e. The molecule has 1 saturated heterocycles. The van der Waals surface area contributed by atoms with E-state index in [2.05, 4.69) is 41.5 Å². The average Bonchev–Trinajstić information content (AvgIpc) is 2.88. The lowest BCUT2D eigenvalue weighted by Crippen LogP contribution is -2.50. The van der Waals surface area contributed by atoms with Crippen LogP contribution >= 0.6 is 0 Å². The Morgan fingerprint density at radius 3 is 2.36 bits per heavy atom. The van der Waals surface area contributed by atoms with Crippen LogP contribution in [0.3, 0.4) is 0 Å². The summed E-state index contributed by atoms with van der Waals surface area (Å²) in [6.07, 6.45) is 1.84. The molecule has 1 aliphatic heterocycles. The van der Waals surface area contributed by atoms with Crippen molar-refractivity contribution in [1.82, 2.24) is 15.1 Å². The molecule has 4 rings (SSSR count). The number of urea groups is 1. The number of likely N-dealkylation sites (tertiary alicyclic amines) is 1. The number of carbonyl (C=O) groups excluding carboxylic acids is 1. The van der Waals surface area contributed by atoms with E-state index in [1.807, 2.05) is 49.1 Å². The summed E-state index contributed by atoms with van der Waals surface area (Å²) in [7, 11) is 2.14. The number of carbonyl (C=O) groups is 1. The van der Waals surface area contributed by atoms with Gasteiger partial charge in [0.15, 0.2) is 0 Å². The molecule has 3 aromatic carbocycles. The second kappa shape index (κ2) is 12.0. The highest BCUT2D eigenvalue weighted by Gasteiger charge is 2.33. The number of nitrogens with zero attached hydrogens (tertiary/aromatic N) is 2. The van der Waals surface area contributed by atoms with Crippen molar-refractivity contribution in [2.24, 2.45) is 0 Å². The van der Waals surface area contributed by atoms with E-state index in [1.165, 1.54) is 17.7 Å². The van der Waals surface area contributed by atoms with Crippen LogP contribution in [0.25, 0.3) is 0 Å². The summed E-state index contributed by atoms with van der Waals surface area (Å²) in [5, 5.41) is 3.11. The third kappa shape index (κ3) is 6.85. The summed E-state index contributed by atoms with van der Waals surface area (Å²) in [6.45, 7) is 5.75. The maximum atomic E-state index is 13.5. The van der Waals surface area contributed by atoms with Crippen LogP contribution in [-0.2, 0) is 13.1 Å². The summed E-state index contributed by atoms with van der Waals surface area (Å²) < 4.78 is 19.2. The number of hydrogen-bond acceptors (Lipinski definition) is 3. The van der Waals surface area contributed by atoms with Gasteiger partial charge in [-0.2, -0.15) is 0 Å². The fraction of sp³-hybridized carbons (Fsp3) is 0.367. The molecule has 0 radical (unpaired) electrons. The lowest BCUT2D eigenvalue weighted by atomic mass is 9.91. The number of nitrogens with one attached hydrogen (secondary N) is 1.